The monoisotopic (exact) mass is 285 g/mol. The molecule has 1 saturated carbocycles. The van der Waals surface area contributed by atoms with E-state index >= 15 is 0 Å². The average molecular weight is 285 g/mol. The highest BCUT2D eigenvalue weighted by Crippen LogP contribution is 2.26. The number of rotatable bonds is 6. The van der Waals surface area contributed by atoms with Crippen LogP contribution in [0.3, 0.4) is 0 Å². The van der Waals surface area contributed by atoms with E-state index in [0.717, 1.165) is 23.4 Å². The van der Waals surface area contributed by atoms with Crippen LogP contribution in [0.5, 0.6) is 0 Å². The fourth-order valence-electron chi connectivity index (χ4n) is 2.46. The number of nitrogens with zero attached hydrogens (tertiary/aromatic N) is 2. The van der Waals surface area contributed by atoms with Crippen LogP contribution in [0, 0.1) is 5.82 Å². The van der Waals surface area contributed by atoms with Crippen molar-refractivity contribution < 1.29 is 4.39 Å². The zero-order chi connectivity index (χ0) is 14.7. The lowest BCUT2D eigenvalue weighted by molar-refractivity contribution is 0.586. The summed E-state index contributed by atoms with van der Waals surface area (Å²) in [6, 6.07) is 9.83. The van der Waals surface area contributed by atoms with Crippen LogP contribution in [-0.4, -0.2) is 18.1 Å². The summed E-state index contributed by atoms with van der Waals surface area (Å²) < 4.78 is 14.1. The number of hydrogen-bond acceptors (Lipinski definition) is 3. The molecule has 1 aromatic carbocycles. The minimum Gasteiger partial charge on any atom is -0.370 e. The van der Waals surface area contributed by atoms with Gasteiger partial charge in [0.05, 0.1) is 0 Å². The Morgan fingerprint density at radius 2 is 2.00 bits per heavy atom. The standard InChI is InChI=1S/C17H20FN3/c1-21(12-13-7-9-19-10-8-13)17-4-2-3-16(18)15(17)11-20-14-5-6-14/h2-4,7-10,14,20H,5-6,11-12H2,1H3. The molecule has 110 valence electrons. The molecule has 0 radical (unpaired) electrons. The Hall–Kier alpha value is -1.94. The number of hydrogen-bond donors (Lipinski definition) is 1. The van der Waals surface area contributed by atoms with Crippen molar-refractivity contribution in [3.8, 4) is 0 Å². The van der Waals surface area contributed by atoms with Crippen LogP contribution in [0.2, 0.25) is 0 Å². The minimum atomic E-state index is -0.137. The number of aromatic nitrogens is 1. The van der Waals surface area contributed by atoms with E-state index in [0.29, 0.717) is 12.6 Å². The topological polar surface area (TPSA) is 28.2 Å². The third kappa shape index (κ3) is 3.58. The van der Waals surface area contributed by atoms with Gasteiger partial charge in [0, 0.05) is 49.8 Å². The van der Waals surface area contributed by atoms with Crippen LogP contribution in [0.1, 0.15) is 24.0 Å². The van der Waals surface area contributed by atoms with Gasteiger partial charge in [-0.25, -0.2) is 4.39 Å². The quantitative estimate of drug-likeness (QED) is 0.884. The van der Waals surface area contributed by atoms with Crippen LogP contribution in [0.25, 0.3) is 0 Å². The first-order valence-electron chi connectivity index (χ1n) is 7.35. The molecule has 3 rings (SSSR count). The number of nitrogens with one attached hydrogen (secondary N) is 1. The van der Waals surface area contributed by atoms with E-state index < -0.39 is 0 Å². The SMILES string of the molecule is CN(Cc1ccncc1)c1cccc(F)c1CNC1CC1. The number of benzene rings is 1. The van der Waals surface area contributed by atoms with Crippen LogP contribution in [0.4, 0.5) is 10.1 Å². The molecule has 1 N–H and O–H groups in total. The van der Waals surface area contributed by atoms with Crippen molar-refractivity contribution >= 4 is 5.69 Å². The maximum atomic E-state index is 14.1. The summed E-state index contributed by atoms with van der Waals surface area (Å²) in [5, 5.41) is 3.40. The van der Waals surface area contributed by atoms with E-state index in [-0.39, 0.29) is 5.82 Å². The molecule has 3 nitrogen and oxygen atoms in total. The molecule has 0 saturated heterocycles. The van der Waals surface area contributed by atoms with Gasteiger partial charge in [-0.3, -0.25) is 4.98 Å². The Labute approximate surface area is 124 Å². The highest BCUT2D eigenvalue weighted by Gasteiger charge is 2.21. The average Bonchev–Trinajstić information content (AvgIpc) is 3.31. The largest absolute Gasteiger partial charge is 0.370 e. The minimum absolute atomic E-state index is 0.137. The summed E-state index contributed by atoms with van der Waals surface area (Å²) in [5.74, 6) is -0.137. The fourth-order valence-corrected chi connectivity index (χ4v) is 2.46. The predicted molar refractivity (Wildman–Crippen MR) is 82.6 cm³/mol. The van der Waals surface area contributed by atoms with Crippen molar-refractivity contribution in [2.45, 2.75) is 32.0 Å². The molecule has 2 aromatic rings. The first-order chi connectivity index (χ1) is 10.2. The van der Waals surface area contributed by atoms with Gasteiger partial charge < -0.3 is 10.2 Å². The van der Waals surface area contributed by atoms with Gasteiger partial charge in [-0.2, -0.15) is 0 Å². The molecule has 0 spiro atoms. The van der Waals surface area contributed by atoms with Crippen molar-refractivity contribution in [1.82, 2.24) is 10.3 Å². The van der Waals surface area contributed by atoms with E-state index in [2.05, 4.69) is 15.2 Å². The van der Waals surface area contributed by atoms with E-state index in [4.69, 9.17) is 0 Å². The highest BCUT2D eigenvalue weighted by atomic mass is 19.1. The Bertz CT molecular complexity index is 596. The molecule has 4 heteroatoms. The predicted octanol–water partition coefficient (Wildman–Crippen LogP) is 3.11. The highest BCUT2D eigenvalue weighted by molar-refractivity contribution is 5.54. The Kier molecular flexibility index (Phi) is 4.15. The van der Waals surface area contributed by atoms with Crippen LogP contribution >= 0.6 is 0 Å². The van der Waals surface area contributed by atoms with Crippen LogP contribution < -0.4 is 10.2 Å². The molecule has 21 heavy (non-hydrogen) atoms. The van der Waals surface area contributed by atoms with Crippen LogP contribution in [-0.2, 0) is 13.1 Å². The van der Waals surface area contributed by atoms with E-state index in [1.54, 1.807) is 18.5 Å². The summed E-state index contributed by atoms with van der Waals surface area (Å²) >= 11 is 0. The lowest BCUT2D eigenvalue weighted by Crippen LogP contribution is -2.22. The fraction of sp³-hybridized carbons (Fsp3) is 0.353. The maximum Gasteiger partial charge on any atom is 0.129 e. The van der Waals surface area contributed by atoms with Crippen molar-refractivity contribution in [3.63, 3.8) is 0 Å². The number of anilines is 1. The molecule has 0 unspecified atom stereocenters. The molecule has 0 atom stereocenters. The molecule has 0 amide bonds. The van der Waals surface area contributed by atoms with E-state index in [1.807, 2.05) is 25.2 Å². The number of halogens is 1. The second-order valence-electron chi connectivity index (χ2n) is 5.60. The lowest BCUT2D eigenvalue weighted by atomic mass is 10.1. The van der Waals surface area contributed by atoms with Gasteiger partial charge in [0.15, 0.2) is 0 Å². The van der Waals surface area contributed by atoms with Gasteiger partial charge >= 0.3 is 0 Å². The normalized spacial score (nSPS) is 14.2. The van der Waals surface area contributed by atoms with Gasteiger partial charge in [0.1, 0.15) is 5.82 Å². The molecular weight excluding hydrogens is 265 g/mol. The maximum absolute atomic E-state index is 14.1. The summed E-state index contributed by atoms with van der Waals surface area (Å²) in [5.41, 5.74) is 2.86. The first-order valence-corrected chi connectivity index (χ1v) is 7.35. The second-order valence-corrected chi connectivity index (χ2v) is 5.60. The second kappa shape index (κ2) is 6.22. The van der Waals surface area contributed by atoms with Crippen molar-refractivity contribution in [2.24, 2.45) is 0 Å². The van der Waals surface area contributed by atoms with Crippen molar-refractivity contribution in [3.05, 3.63) is 59.7 Å². The van der Waals surface area contributed by atoms with Gasteiger partial charge in [0.25, 0.3) is 0 Å². The van der Waals surface area contributed by atoms with Crippen molar-refractivity contribution in [1.29, 1.82) is 0 Å². The summed E-state index contributed by atoms with van der Waals surface area (Å²) in [6.07, 6.45) is 5.97. The van der Waals surface area contributed by atoms with Gasteiger partial charge in [-0.15, -0.1) is 0 Å². The summed E-state index contributed by atoms with van der Waals surface area (Å²) in [4.78, 5) is 6.11. The van der Waals surface area contributed by atoms with Gasteiger partial charge in [-0.05, 0) is 42.7 Å². The smallest absolute Gasteiger partial charge is 0.129 e. The molecule has 0 aliphatic heterocycles. The Morgan fingerprint density at radius 3 is 2.71 bits per heavy atom. The molecule has 1 aliphatic rings. The number of pyridine rings is 1. The first kappa shape index (κ1) is 14.0. The molecule has 0 bridgehead atoms. The zero-order valence-corrected chi connectivity index (χ0v) is 12.2. The lowest BCUT2D eigenvalue weighted by Gasteiger charge is -2.23. The Morgan fingerprint density at radius 1 is 1.24 bits per heavy atom. The molecular formula is C17H20FN3. The van der Waals surface area contributed by atoms with Crippen molar-refractivity contribution in [2.75, 3.05) is 11.9 Å². The van der Waals surface area contributed by atoms with E-state index in [9.17, 15) is 4.39 Å². The van der Waals surface area contributed by atoms with Gasteiger partial charge in [0.2, 0.25) is 0 Å². The third-order valence-electron chi connectivity index (χ3n) is 3.82. The zero-order valence-electron chi connectivity index (χ0n) is 12.2. The van der Waals surface area contributed by atoms with E-state index in [1.165, 1.54) is 18.9 Å². The summed E-state index contributed by atoms with van der Waals surface area (Å²) in [6.45, 7) is 1.33. The van der Waals surface area contributed by atoms with Gasteiger partial charge in [-0.1, -0.05) is 6.07 Å². The molecule has 1 aromatic heterocycles. The molecule has 1 aliphatic carbocycles. The van der Waals surface area contributed by atoms with Crippen LogP contribution in [0.15, 0.2) is 42.7 Å². The summed E-state index contributed by atoms with van der Waals surface area (Å²) in [7, 11) is 2.00. The molecule has 1 heterocycles. The molecule has 1 fully saturated rings. The Balaban J connectivity index is 1.77. The third-order valence-corrected chi connectivity index (χ3v) is 3.82.